The van der Waals surface area contributed by atoms with Gasteiger partial charge in [-0.05, 0) is 50.5 Å². The highest BCUT2D eigenvalue weighted by Crippen LogP contribution is 2.33. The summed E-state index contributed by atoms with van der Waals surface area (Å²) in [6, 6.07) is 0.583. The summed E-state index contributed by atoms with van der Waals surface area (Å²) in [6.07, 6.45) is 11.5. The Labute approximate surface area is 109 Å². The minimum atomic E-state index is 0.00806. The summed E-state index contributed by atoms with van der Waals surface area (Å²) in [5, 5.41) is 3.58. The van der Waals surface area contributed by atoms with Crippen molar-refractivity contribution in [2.75, 3.05) is 6.61 Å². The Hall–Kier alpha value is -0.830. The van der Waals surface area contributed by atoms with Gasteiger partial charge in [0.2, 0.25) is 5.78 Å². The van der Waals surface area contributed by atoms with Crippen molar-refractivity contribution < 1.29 is 9.53 Å². The number of fused-ring (bicyclic) bond motifs is 1. The van der Waals surface area contributed by atoms with E-state index in [0.29, 0.717) is 18.4 Å². The van der Waals surface area contributed by atoms with Crippen LogP contribution in [0.3, 0.4) is 0 Å². The zero-order valence-corrected chi connectivity index (χ0v) is 11.0. The van der Waals surface area contributed by atoms with Crippen LogP contribution in [0.5, 0.6) is 0 Å². The highest BCUT2D eigenvalue weighted by molar-refractivity contribution is 5.97. The summed E-state index contributed by atoms with van der Waals surface area (Å²) in [4.78, 5) is 12.4. The molecule has 0 bridgehead atoms. The van der Waals surface area contributed by atoms with Gasteiger partial charge in [0.15, 0.2) is 5.76 Å². The molecule has 3 unspecified atom stereocenters. The Morgan fingerprint density at radius 2 is 2.06 bits per heavy atom. The van der Waals surface area contributed by atoms with Crippen LogP contribution in [0.25, 0.3) is 0 Å². The number of carbonyl (C=O) groups is 1. The molecule has 1 aliphatic carbocycles. The Bertz CT molecular complexity index is 350. The zero-order valence-electron chi connectivity index (χ0n) is 11.0. The molecule has 0 aromatic carbocycles. The van der Waals surface area contributed by atoms with E-state index in [1.165, 1.54) is 32.1 Å². The molecule has 3 aliphatic rings. The number of ketones is 1. The molecule has 1 saturated heterocycles. The highest BCUT2D eigenvalue weighted by atomic mass is 16.5. The lowest BCUT2D eigenvalue weighted by Gasteiger charge is -2.40. The largest absolute Gasteiger partial charge is 0.490 e. The Morgan fingerprint density at radius 1 is 1.17 bits per heavy atom. The number of piperidine rings is 1. The lowest BCUT2D eigenvalue weighted by Crippen LogP contribution is -2.52. The second kappa shape index (κ2) is 5.43. The van der Waals surface area contributed by atoms with Gasteiger partial charge in [0.1, 0.15) is 0 Å². The molecular weight excluding hydrogens is 226 g/mol. The second-order valence-electron chi connectivity index (χ2n) is 5.87. The molecule has 0 amide bonds. The number of Topliss-reactive ketones (excluding diaryl/α,β-unsaturated/α-hetero) is 1. The van der Waals surface area contributed by atoms with Crippen molar-refractivity contribution in [3.8, 4) is 0 Å². The van der Waals surface area contributed by atoms with E-state index < -0.39 is 0 Å². The average molecular weight is 249 g/mol. The fourth-order valence-corrected chi connectivity index (χ4v) is 3.60. The topological polar surface area (TPSA) is 38.3 Å². The maximum absolute atomic E-state index is 12.4. The van der Waals surface area contributed by atoms with Gasteiger partial charge in [0.25, 0.3) is 0 Å². The fourth-order valence-electron chi connectivity index (χ4n) is 3.60. The average Bonchev–Trinajstić information content (AvgIpc) is 2.47. The molecule has 2 heterocycles. The molecule has 3 nitrogen and oxygen atoms in total. The lowest BCUT2D eigenvalue weighted by atomic mass is 9.77. The van der Waals surface area contributed by atoms with Gasteiger partial charge in [-0.25, -0.2) is 0 Å². The number of hydrogen-bond donors (Lipinski definition) is 1. The second-order valence-corrected chi connectivity index (χ2v) is 5.87. The van der Waals surface area contributed by atoms with Crippen molar-refractivity contribution in [3.05, 3.63) is 11.8 Å². The number of hydrogen-bond acceptors (Lipinski definition) is 3. The summed E-state index contributed by atoms with van der Waals surface area (Å²) >= 11 is 0. The first-order valence-corrected chi connectivity index (χ1v) is 7.48. The van der Waals surface area contributed by atoms with E-state index in [4.69, 9.17) is 4.74 Å². The number of ether oxygens (including phenoxy) is 1. The van der Waals surface area contributed by atoms with Gasteiger partial charge in [0.05, 0.1) is 12.6 Å². The van der Waals surface area contributed by atoms with Crippen LogP contribution in [-0.2, 0) is 9.53 Å². The minimum Gasteiger partial charge on any atom is -0.490 e. The van der Waals surface area contributed by atoms with Crippen molar-refractivity contribution >= 4 is 5.78 Å². The smallest absolute Gasteiger partial charge is 0.213 e. The molecule has 1 N–H and O–H groups in total. The van der Waals surface area contributed by atoms with Gasteiger partial charge >= 0.3 is 0 Å². The van der Waals surface area contributed by atoms with Crippen molar-refractivity contribution in [1.82, 2.24) is 5.32 Å². The molecule has 18 heavy (non-hydrogen) atoms. The van der Waals surface area contributed by atoms with Gasteiger partial charge in [-0.1, -0.05) is 12.8 Å². The van der Waals surface area contributed by atoms with E-state index in [-0.39, 0.29) is 11.8 Å². The third-order valence-electron chi connectivity index (χ3n) is 4.65. The number of rotatable bonds is 2. The van der Waals surface area contributed by atoms with Gasteiger partial charge in [0, 0.05) is 6.04 Å². The molecule has 0 aromatic heterocycles. The molecular formula is C15H23NO2. The van der Waals surface area contributed by atoms with Crippen LogP contribution in [-0.4, -0.2) is 24.5 Å². The van der Waals surface area contributed by atoms with Crippen LogP contribution in [0.15, 0.2) is 11.8 Å². The molecule has 0 radical (unpaired) electrons. The van der Waals surface area contributed by atoms with Crippen LogP contribution in [0.2, 0.25) is 0 Å². The molecule has 3 rings (SSSR count). The summed E-state index contributed by atoms with van der Waals surface area (Å²) < 4.78 is 5.50. The maximum atomic E-state index is 12.4. The van der Waals surface area contributed by atoms with Crippen LogP contribution >= 0.6 is 0 Å². The quantitative estimate of drug-likeness (QED) is 0.817. The minimum absolute atomic E-state index is 0.00806. The molecule has 0 spiro atoms. The number of carbonyl (C=O) groups excluding carboxylic acids is 1. The van der Waals surface area contributed by atoms with Crippen molar-refractivity contribution in [3.63, 3.8) is 0 Å². The molecule has 2 aliphatic heterocycles. The first-order chi connectivity index (χ1) is 8.84. The normalized spacial score (nSPS) is 36.2. The predicted molar refractivity (Wildman–Crippen MR) is 70.2 cm³/mol. The molecule has 3 heteroatoms. The molecule has 100 valence electrons. The summed E-state index contributed by atoms with van der Waals surface area (Å²) in [5.41, 5.74) is 0. The van der Waals surface area contributed by atoms with E-state index in [1.54, 1.807) is 0 Å². The first-order valence-electron chi connectivity index (χ1n) is 7.48. The van der Waals surface area contributed by atoms with E-state index in [1.807, 2.05) is 6.08 Å². The monoisotopic (exact) mass is 249 g/mol. The van der Waals surface area contributed by atoms with Crippen molar-refractivity contribution in [1.29, 1.82) is 0 Å². The Morgan fingerprint density at radius 3 is 2.89 bits per heavy atom. The van der Waals surface area contributed by atoms with Crippen molar-refractivity contribution in [2.24, 2.45) is 5.92 Å². The third kappa shape index (κ3) is 2.46. The van der Waals surface area contributed by atoms with Crippen LogP contribution < -0.4 is 5.32 Å². The van der Waals surface area contributed by atoms with E-state index in [2.05, 4.69) is 5.32 Å². The predicted octanol–water partition coefficient (Wildman–Crippen LogP) is 2.56. The van der Waals surface area contributed by atoms with Crippen LogP contribution in [0.4, 0.5) is 0 Å². The number of allylic oxidation sites excluding steroid dienone is 1. The fraction of sp³-hybridized carbons (Fsp3) is 0.800. The molecule has 0 aromatic rings. The summed E-state index contributed by atoms with van der Waals surface area (Å²) in [5.74, 6) is 1.62. The summed E-state index contributed by atoms with van der Waals surface area (Å²) in [6.45, 7) is 0.705. The van der Waals surface area contributed by atoms with Gasteiger partial charge in [-0.2, -0.15) is 0 Å². The summed E-state index contributed by atoms with van der Waals surface area (Å²) in [7, 11) is 0. The molecule has 2 fully saturated rings. The van der Waals surface area contributed by atoms with Crippen molar-refractivity contribution in [2.45, 2.75) is 63.5 Å². The van der Waals surface area contributed by atoms with Gasteiger partial charge < -0.3 is 10.1 Å². The lowest BCUT2D eigenvalue weighted by molar-refractivity contribution is -0.122. The van der Waals surface area contributed by atoms with Crippen LogP contribution in [0, 0.1) is 5.92 Å². The van der Waals surface area contributed by atoms with Gasteiger partial charge in [-0.15, -0.1) is 0 Å². The maximum Gasteiger partial charge on any atom is 0.213 e. The Kier molecular flexibility index (Phi) is 3.69. The molecule has 1 saturated carbocycles. The third-order valence-corrected chi connectivity index (χ3v) is 4.65. The highest BCUT2D eigenvalue weighted by Gasteiger charge is 2.35. The van der Waals surface area contributed by atoms with E-state index >= 15 is 0 Å². The van der Waals surface area contributed by atoms with E-state index in [0.717, 1.165) is 25.2 Å². The first kappa shape index (κ1) is 12.2. The Balaban J connectivity index is 1.63. The zero-order chi connectivity index (χ0) is 12.4. The SMILES string of the molecule is O=C(C1=CCCCO1)C1CCC2CCCCC2N1. The van der Waals surface area contributed by atoms with Crippen LogP contribution in [0.1, 0.15) is 51.4 Å². The standard InChI is InChI=1S/C15H23NO2/c17-15(14-7-3-4-10-18-14)13-9-8-11-5-1-2-6-12(11)16-13/h7,11-13,16H,1-6,8-10H2. The molecule has 3 atom stereocenters. The van der Waals surface area contributed by atoms with E-state index in [9.17, 15) is 4.79 Å². The van der Waals surface area contributed by atoms with Gasteiger partial charge in [-0.3, -0.25) is 4.79 Å². The number of nitrogens with one attached hydrogen (secondary N) is 1.